The number of hydrogen-bond donors (Lipinski definition) is 1. The lowest BCUT2D eigenvalue weighted by Gasteiger charge is -2.12. The lowest BCUT2D eigenvalue weighted by Crippen LogP contribution is -2.31. The number of amides is 1. The van der Waals surface area contributed by atoms with Gasteiger partial charge >= 0.3 is 0 Å². The highest BCUT2D eigenvalue weighted by molar-refractivity contribution is 8.05. The normalized spacial score (nSPS) is 19.9. The standard InChI is InChI=1S/C18H16N2O3S/c1-22-12-8-7-11(15(10-12)23-2)9-16-17(21)20-14-6-4-3-5-13(14)19-18(20)24-16/h3-10,18-19H,1-2H3/b16-9-/t18-/m1/s1. The molecular weight excluding hydrogens is 324 g/mol. The number of fused-ring (bicyclic) bond motifs is 3. The molecule has 0 saturated carbocycles. The van der Waals surface area contributed by atoms with Gasteiger partial charge in [-0.05, 0) is 30.3 Å². The molecule has 0 radical (unpaired) electrons. The van der Waals surface area contributed by atoms with Gasteiger partial charge in [0, 0.05) is 11.6 Å². The van der Waals surface area contributed by atoms with E-state index in [0.29, 0.717) is 10.7 Å². The van der Waals surface area contributed by atoms with Gasteiger partial charge in [-0.3, -0.25) is 9.69 Å². The molecule has 0 unspecified atom stereocenters. The molecule has 0 aliphatic carbocycles. The highest BCUT2D eigenvalue weighted by Gasteiger charge is 2.42. The fourth-order valence-corrected chi connectivity index (χ4v) is 4.03. The monoisotopic (exact) mass is 340 g/mol. The third-order valence-corrected chi connectivity index (χ3v) is 5.17. The van der Waals surface area contributed by atoms with E-state index in [0.717, 1.165) is 22.7 Å². The van der Waals surface area contributed by atoms with Crippen LogP contribution >= 0.6 is 11.8 Å². The van der Waals surface area contributed by atoms with E-state index in [4.69, 9.17) is 9.47 Å². The summed E-state index contributed by atoms with van der Waals surface area (Å²) in [6, 6.07) is 13.4. The third kappa shape index (κ3) is 2.30. The summed E-state index contributed by atoms with van der Waals surface area (Å²) in [4.78, 5) is 15.3. The minimum absolute atomic E-state index is 0.000297. The van der Waals surface area contributed by atoms with Crippen LogP contribution in [-0.2, 0) is 4.79 Å². The molecule has 1 fully saturated rings. The van der Waals surface area contributed by atoms with Crippen molar-refractivity contribution in [3.8, 4) is 11.5 Å². The van der Waals surface area contributed by atoms with Crippen molar-refractivity contribution in [1.29, 1.82) is 0 Å². The number of ether oxygens (including phenoxy) is 2. The highest BCUT2D eigenvalue weighted by Crippen LogP contribution is 2.47. The maximum atomic E-state index is 12.8. The summed E-state index contributed by atoms with van der Waals surface area (Å²) in [5.41, 5.74) is 2.67. The number of thioether (sulfide) groups is 1. The average molecular weight is 340 g/mol. The van der Waals surface area contributed by atoms with Crippen LogP contribution < -0.4 is 19.7 Å². The van der Waals surface area contributed by atoms with Gasteiger partial charge in [0.15, 0.2) is 5.50 Å². The molecule has 4 rings (SSSR count). The van der Waals surface area contributed by atoms with E-state index in [1.165, 1.54) is 11.8 Å². The van der Waals surface area contributed by atoms with Crippen LogP contribution in [0, 0.1) is 0 Å². The molecule has 2 aliphatic rings. The Labute approximate surface area is 144 Å². The zero-order chi connectivity index (χ0) is 16.7. The first-order chi connectivity index (χ1) is 11.7. The number of methoxy groups -OCH3 is 2. The minimum atomic E-state index is -0.0922. The van der Waals surface area contributed by atoms with Gasteiger partial charge in [-0.15, -0.1) is 0 Å². The van der Waals surface area contributed by atoms with Crippen molar-refractivity contribution in [2.45, 2.75) is 5.50 Å². The Bertz CT molecular complexity index is 850. The molecule has 1 amide bonds. The number of hydrogen-bond acceptors (Lipinski definition) is 5. The predicted molar refractivity (Wildman–Crippen MR) is 96.5 cm³/mol. The van der Waals surface area contributed by atoms with E-state index in [9.17, 15) is 4.79 Å². The second kappa shape index (κ2) is 5.79. The van der Waals surface area contributed by atoms with Crippen molar-refractivity contribution in [1.82, 2.24) is 0 Å². The van der Waals surface area contributed by atoms with Crippen LogP contribution in [0.5, 0.6) is 11.5 Å². The Balaban J connectivity index is 1.68. The van der Waals surface area contributed by atoms with Crippen molar-refractivity contribution in [3.05, 3.63) is 52.9 Å². The van der Waals surface area contributed by atoms with Gasteiger partial charge in [0.25, 0.3) is 5.91 Å². The first-order valence-corrected chi connectivity index (χ1v) is 8.39. The number of nitrogens with one attached hydrogen (secondary N) is 1. The number of carbonyl (C=O) groups is 1. The molecule has 0 bridgehead atoms. The number of anilines is 2. The molecule has 6 heteroatoms. The molecule has 1 saturated heterocycles. The van der Waals surface area contributed by atoms with Gasteiger partial charge in [-0.2, -0.15) is 0 Å². The van der Waals surface area contributed by atoms with Crippen LogP contribution in [0.15, 0.2) is 47.4 Å². The van der Waals surface area contributed by atoms with Gasteiger partial charge in [0.05, 0.1) is 30.5 Å². The van der Waals surface area contributed by atoms with Crippen LogP contribution in [0.25, 0.3) is 6.08 Å². The van der Waals surface area contributed by atoms with Gasteiger partial charge in [0.1, 0.15) is 11.5 Å². The Hall–Kier alpha value is -2.60. The van der Waals surface area contributed by atoms with Crippen LogP contribution in [0.4, 0.5) is 11.4 Å². The summed E-state index contributed by atoms with van der Waals surface area (Å²) in [5.74, 6) is 1.40. The first kappa shape index (κ1) is 15.0. The summed E-state index contributed by atoms with van der Waals surface area (Å²) >= 11 is 1.51. The van der Waals surface area contributed by atoms with E-state index in [1.807, 2.05) is 48.5 Å². The Morgan fingerprint density at radius 3 is 2.79 bits per heavy atom. The van der Waals surface area contributed by atoms with E-state index in [2.05, 4.69) is 5.32 Å². The zero-order valence-electron chi connectivity index (χ0n) is 13.3. The van der Waals surface area contributed by atoms with E-state index in [-0.39, 0.29) is 11.4 Å². The fourth-order valence-electron chi connectivity index (χ4n) is 2.89. The minimum Gasteiger partial charge on any atom is -0.497 e. The maximum Gasteiger partial charge on any atom is 0.267 e. The maximum absolute atomic E-state index is 12.8. The summed E-state index contributed by atoms with van der Waals surface area (Å²) in [5, 5.41) is 3.37. The van der Waals surface area contributed by atoms with E-state index in [1.54, 1.807) is 19.1 Å². The highest BCUT2D eigenvalue weighted by atomic mass is 32.2. The SMILES string of the molecule is COc1ccc(/C=C2\S[C@@H]3Nc4ccccc4N3C2=O)c(OC)c1. The second-order valence-electron chi connectivity index (χ2n) is 5.42. The smallest absolute Gasteiger partial charge is 0.267 e. The average Bonchev–Trinajstić information content (AvgIpc) is 3.12. The van der Waals surface area contributed by atoms with Crippen molar-refractivity contribution < 1.29 is 14.3 Å². The Morgan fingerprint density at radius 2 is 2.00 bits per heavy atom. The molecule has 2 aromatic carbocycles. The first-order valence-electron chi connectivity index (χ1n) is 7.51. The number of para-hydroxylation sites is 2. The summed E-state index contributed by atoms with van der Waals surface area (Å²) in [6.07, 6.45) is 1.87. The van der Waals surface area contributed by atoms with Gasteiger partial charge < -0.3 is 14.8 Å². The zero-order valence-corrected chi connectivity index (χ0v) is 14.1. The largest absolute Gasteiger partial charge is 0.497 e. The molecule has 24 heavy (non-hydrogen) atoms. The second-order valence-corrected chi connectivity index (χ2v) is 6.55. The molecule has 5 nitrogen and oxygen atoms in total. The van der Waals surface area contributed by atoms with Gasteiger partial charge in [-0.25, -0.2) is 0 Å². The number of rotatable bonds is 3. The molecule has 2 aliphatic heterocycles. The van der Waals surface area contributed by atoms with Crippen molar-refractivity contribution in [3.63, 3.8) is 0 Å². The van der Waals surface area contributed by atoms with Crippen LogP contribution in [-0.4, -0.2) is 25.6 Å². The molecule has 1 atom stereocenters. The van der Waals surface area contributed by atoms with Crippen molar-refractivity contribution in [2.24, 2.45) is 0 Å². The van der Waals surface area contributed by atoms with Crippen LogP contribution in [0.1, 0.15) is 5.56 Å². The van der Waals surface area contributed by atoms with E-state index >= 15 is 0 Å². The van der Waals surface area contributed by atoms with E-state index < -0.39 is 0 Å². The van der Waals surface area contributed by atoms with Crippen LogP contribution in [0.3, 0.4) is 0 Å². The summed E-state index contributed by atoms with van der Waals surface area (Å²) in [7, 11) is 3.22. The predicted octanol–water partition coefficient (Wildman–Crippen LogP) is 3.53. The van der Waals surface area contributed by atoms with Gasteiger partial charge in [0.2, 0.25) is 0 Å². The molecule has 1 N–H and O–H groups in total. The topological polar surface area (TPSA) is 50.8 Å². The quantitative estimate of drug-likeness (QED) is 0.866. The fraction of sp³-hybridized carbons (Fsp3) is 0.167. The lowest BCUT2D eigenvalue weighted by atomic mass is 10.1. The summed E-state index contributed by atoms with van der Waals surface area (Å²) < 4.78 is 10.6. The molecular formula is C18H16N2O3S. The molecule has 122 valence electrons. The molecule has 2 heterocycles. The molecule has 0 aromatic heterocycles. The molecule has 2 aromatic rings. The summed E-state index contributed by atoms with van der Waals surface area (Å²) in [6.45, 7) is 0. The van der Waals surface area contributed by atoms with Crippen molar-refractivity contribution >= 4 is 35.1 Å². The van der Waals surface area contributed by atoms with Crippen molar-refractivity contribution in [2.75, 3.05) is 24.4 Å². The number of nitrogens with zero attached hydrogens (tertiary/aromatic N) is 1. The lowest BCUT2D eigenvalue weighted by molar-refractivity contribution is -0.114. The third-order valence-electron chi connectivity index (χ3n) is 4.07. The number of benzene rings is 2. The Morgan fingerprint density at radius 1 is 1.17 bits per heavy atom. The van der Waals surface area contributed by atoms with Gasteiger partial charge in [-0.1, -0.05) is 23.9 Å². The number of carbonyl (C=O) groups excluding carboxylic acids is 1. The van der Waals surface area contributed by atoms with Crippen LogP contribution in [0.2, 0.25) is 0 Å². The molecule has 0 spiro atoms. The Kier molecular flexibility index (Phi) is 3.61.